The van der Waals surface area contributed by atoms with Crippen LogP contribution in [0, 0.1) is 11.3 Å². The Hall–Kier alpha value is -2.26. The summed E-state index contributed by atoms with van der Waals surface area (Å²) in [6, 6.07) is 5.64. The van der Waals surface area contributed by atoms with Crippen LogP contribution in [0.4, 0.5) is 4.79 Å². The van der Waals surface area contributed by atoms with Gasteiger partial charge in [-0.1, -0.05) is 0 Å². The Morgan fingerprint density at radius 1 is 1.55 bits per heavy atom. The summed E-state index contributed by atoms with van der Waals surface area (Å²) < 4.78 is 5.75. The molecule has 0 radical (unpaired) electrons. The molecule has 0 aliphatic carbocycles. The van der Waals surface area contributed by atoms with Gasteiger partial charge < -0.3 is 20.5 Å². The average molecular weight is 275 g/mol. The van der Waals surface area contributed by atoms with Crippen LogP contribution in [0.3, 0.4) is 0 Å². The zero-order valence-electron chi connectivity index (χ0n) is 11.6. The molecule has 1 aromatic rings. The van der Waals surface area contributed by atoms with Crippen LogP contribution in [0.15, 0.2) is 18.2 Å². The standard InChI is InChI=1S/C14H17N3O3/c1-14(2)12(18)11(17(3)13(16)19)9-6-8(7-15)4-5-10(9)20-14/h4-6,11-12,18H,1-3H3,(H2,16,19)/t11-,12-/m0/s1. The number of carbonyl (C=O) groups excluding carboxylic acids is 1. The summed E-state index contributed by atoms with van der Waals surface area (Å²) in [4.78, 5) is 12.7. The molecular weight excluding hydrogens is 258 g/mol. The molecule has 3 N–H and O–H groups in total. The fraction of sp³-hybridized carbons (Fsp3) is 0.429. The number of rotatable bonds is 1. The van der Waals surface area contributed by atoms with Crippen molar-refractivity contribution in [3.05, 3.63) is 29.3 Å². The van der Waals surface area contributed by atoms with E-state index in [-0.39, 0.29) is 0 Å². The molecule has 0 aromatic heterocycles. The Morgan fingerprint density at radius 3 is 2.75 bits per heavy atom. The molecule has 1 aliphatic heterocycles. The van der Waals surface area contributed by atoms with Gasteiger partial charge in [-0.05, 0) is 32.0 Å². The normalized spacial score (nSPS) is 23.1. The summed E-state index contributed by atoms with van der Waals surface area (Å²) in [6.07, 6.45) is -0.957. The first-order valence-electron chi connectivity index (χ1n) is 6.21. The summed E-state index contributed by atoms with van der Waals surface area (Å²) in [6.45, 7) is 3.47. The van der Waals surface area contributed by atoms with Gasteiger partial charge in [0, 0.05) is 12.6 Å². The smallest absolute Gasteiger partial charge is 0.315 e. The molecule has 0 saturated heterocycles. The monoisotopic (exact) mass is 275 g/mol. The topological polar surface area (TPSA) is 99.6 Å². The second-order valence-corrected chi connectivity index (χ2v) is 5.41. The van der Waals surface area contributed by atoms with Crippen LogP contribution in [0.1, 0.15) is 31.0 Å². The lowest BCUT2D eigenvalue weighted by molar-refractivity contribution is -0.0809. The van der Waals surface area contributed by atoms with Gasteiger partial charge in [-0.25, -0.2) is 4.79 Å². The van der Waals surface area contributed by atoms with Crippen molar-refractivity contribution in [1.82, 2.24) is 4.90 Å². The third kappa shape index (κ3) is 2.17. The molecule has 6 heteroatoms. The minimum atomic E-state index is -0.957. The fourth-order valence-electron chi connectivity index (χ4n) is 2.39. The fourth-order valence-corrected chi connectivity index (χ4v) is 2.39. The average Bonchev–Trinajstić information content (AvgIpc) is 2.38. The number of fused-ring (bicyclic) bond motifs is 1. The lowest BCUT2D eigenvalue weighted by Gasteiger charge is -2.44. The third-order valence-corrected chi connectivity index (χ3v) is 3.61. The van der Waals surface area contributed by atoms with Gasteiger partial charge >= 0.3 is 6.03 Å². The maximum Gasteiger partial charge on any atom is 0.315 e. The first-order valence-corrected chi connectivity index (χ1v) is 6.21. The molecule has 0 bridgehead atoms. The number of primary amides is 1. The van der Waals surface area contributed by atoms with E-state index in [4.69, 9.17) is 15.7 Å². The van der Waals surface area contributed by atoms with Crippen molar-refractivity contribution in [2.45, 2.75) is 31.6 Å². The van der Waals surface area contributed by atoms with E-state index in [2.05, 4.69) is 0 Å². The number of ether oxygens (including phenoxy) is 1. The number of likely N-dealkylation sites (N-methyl/N-ethyl adjacent to an activating group) is 1. The number of urea groups is 1. The van der Waals surface area contributed by atoms with Crippen molar-refractivity contribution in [2.75, 3.05) is 7.05 Å². The number of aliphatic hydroxyl groups is 1. The van der Waals surface area contributed by atoms with Crippen LogP contribution in [-0.2, 0) is 0 Å². The minimum Gasteiger partial charge on any atom is -0.485 e. The predicted molar refractivity (Wildman–Crippen MR) is 72.0 cm³/mol. The number of carbonyl (C=O) groups is 1. The Morgan fingerprint density at radius 2 is 2.20 bits per heavy atom. The quantitative estimate of drug-likeness (QED) is 0.802. The van der Waals surface area contributed by atoms with Crippen LogP contribution in [0.2, 0.25) is 0 Å². The Bertz CT molecular complexity index is 592. The Labute approximate surface area is 117 Å². The molecule has 2 amide bonds. The maximum atomic E-state index is 11.5. The highest BCUT2D eigenvalue weighted by Crippen LogP contribution is 2.42. The summed E-state index contributed by atoms with van der Waals surface area (Å²) in [7, 11) is 1.51. The van der Waals surface area contributed by atoms with Crippen LogP contribution in [-0.4, -0.2) is 34.8 Å². The molecule has 0 fully saturated rings. The molecule has 0 saturated carbocycles. The van der Waals surface area contributed by atoms with E-state index < -0.39 is 23.8 Å². The molecule has 6 nitrogen and oxygen atoms in total. The first kappa shape index (κ1) is 14.2. The number of nitriles is 1. The molecule has 20 heavy (non-hydrogen) atoms. The molecular formula is C14H17N3O3. The number of nitrogens with two attached hydrogens (primary N) is 1. The molecule has 106 valence electrons. The lowest BCUT2D eigenvalue weighted by atomic mass is 9.85. The first-order chi connectivity index (χ1) is 9.27. The van der Waals surface area contributed by atoms with Gasteiger partial charge in [0.05, 0.1) is 17.7 Å². The van der Waals surface area contributed by atoms with E-state index in [1.54, 1.807) is 32.0 Å². The number of benzene rings is 1. The molecule has 1 aliphatic rings. The summed E-state index contributed by atoms with van der Waals surface area (Å²) >= 11 is 0. The number of amides is 2. The van der Waals surface area contributed by atoms with Gasteiger partial charge in [0.25, 0.3) is 0 Å². The van der Waals surface area contributed by atoms with Gasteiger partial charge in [0.2, 0.25) is 0 Å². The predicted octanol–water partition coefficient (Wildman–Crippen LogP) is 1.14. The van der Waals surface area contributed by atoms with E-state index in [0.29, 0.717) is 16.9 Å². The van der Waals surface area contributed by atoms with Gasteiger partial charge in [-0.15, -0.1) is 0 Å². The minimum absolute atomic E-state index is 0.433. The summed E-state index contributed by atoms with van der Waals surface area (Å²) in [5.74, 6) is 0.539. The van der Waals surface area contributed by atoms with Gasteiger partial charge in [-0.3, -0.25) is 0 Å². The zero-order chi connectivity index (χ0) is 15.1. The number of nitrogens with zero attached hydrogens (tertiary/aromatic N) is 2. The van der Waals surface area contributed by atoms with Gasteiger partial charge in [0.1, 0.15) is 17.5 Å². The molecule has 1 heterocycles. The van der Waals surface area contributed by atoms with E-state index in [1.807, 2.05) is 6.07 Å². The van der Waals surface area contributed by atoms with Crippen LogP contribution >= 0.6 is 0 Å². The van der Waals surface area contributed by atoms with Crippen LogP contribution < -0.4 is 10.5 Å². The van der Waals surface area contributed by atoms with Gasteiger partial charge in [0.15, 0.2) is 0 Å². The second-order valence-electron chi connectivity index (χ2n) is 5.41. The Balaban J connectivity index is 2.60. The van der Waals surface area contributed by atoms with Crippen molar-refractivity contribution >= 4 is 6.03 Å². The molecule has 0 spiro atoms. The summed E-state index contributed by atoms with van der Waals surface area (Å²) in [5, 5.41) is 19.5. The maximum absolute atomic E-state index is 11.5. The number of hydrogen-bond acceptors (Lipinski definition) is 4. The highest BCUT2D eigenvalue weighted by molar-refractivity contribution is 5.72. The number of hydrogen-bond donors (Lipinski definition) is 2. The Kier molecular flexibility index (Phi) is 3.32. The van der Waals surface area contributed by atoms with E-state index in [0.717, 1.165) is 0 Å². The zero-order valence-corrected chi connectivity index (χ0v) is 11.6. The van der Waals surface area contributed by atoms with Crippen molar-refractivity contribution in [2.24, 2.45) is 5.73 Å². The molecule has 0 unspecified atom stereocenters. The highest BCUT2D eigenvalue weighted by Gasteiger charge is 2.45. The van der Waals surface area contributed by atoms with Crippen molar-refractivity contribution in [3.63, 3.8) is 0 Å². The largest absolute Gasteiger partial charge is 0.485 e. The molecule has 1 aromatic carbocycles. The van der Waals surface area contributed by atoms with Crippen LogP contribution in [0.5, 0.6) is 5.75 Å². The van der Waals surface area contributed by atoms with E-state index in [9.17, 15) is 9.90 Å². The number of aliphatic hydroxyl groups excluding tert-OH is 1. The van der Waals surface area contributed by atoms with Crippen molar-refractivity contribution < 1.29 is 14.6 Å². The van der Waals surface area contributed by atoms with Crippen molar-refractivity contribution in [1.29, 1.82) is 5.26 Å². The van der Waals surface area contributed by atoms with E-state index in [1.165, 1.54) is 11.9 Å². The lowest BCUT2D eigenvalue weighted by Crippen LogP contribution is -2.54. The SMILES string of the molecule is CN(C(N)=O)[C@H]1c2cc(C#N)ccc2OC(C)(C)[C@H]1O. The van der Waals surface area contributed by atoms with Crippen molar-refractivity contribution in [3.8, 4) is 11.8 Å². The second kappa shape index (κ2) is 4.69. The van der Waals surface area contributed by atoms with E-state index >= 15 is 0 Å². The van der Waals surface area contributed by atoms with Gasteiger partial charge in [-0.2, -0.15) is 5.26 Å². The summed E-state index contributed by atoms with van der Waals surface area (Å²) in [5.41, 5.74) is 5.46. The van der Waals surface area contributed by atoms with Crippen LogP contribution in [0.25, 0.3) is 0 Å². The third-order valence-electron chi connectivity index (χ3n) is 3.61. The molecule has 2 atom stereocenters. The molecule has 2 rings (SSSR count). The highest BCUT2D eigenvalue weighted by atomic mass is 16.5.